The third-order valence-corrected chi connectivity index (χ3v) is 5.61. The van der Waals surface area contributed by atoms with Gasteiger partial charge in [-0.2, -0.15) is 0 Å². The van der Waals surface area contributed by atoms with E-state index in [4.69, 9.17) is 21.1 Å². The van der Waals surface area contributed by atoms with Gasteiger partial charge in [0.15, 0.2) is 11.5 Å². The van der Waals surface area contributed by atoms with E-state index in [2.05, 4.69) is 5.32 Å². The average molecular weight is 445 g/mol. The number of methoxy groups -OCH3 is 2. The fourth-order valence-electron chi connectivity index (χ4n) is 2.82. The second-order valence-electron chi connectivity index (χ2n) is 6.14. The molecule has 2 aromatic rings. The Morgan fingerprint density at radius 3 is 2.34 bits per heavy atom. The van der Waals surface area contributed by atoms with E-state index in [1.807, 2.05) is 0 Å². The van der Waals surface area contributed by atoms with E-state index in [0.717, 1.165) is 16.6 Å². The van der Waals surface area contributed by atoms with Gasteiger partial charge in [0.2, 0.25) is 15.9 Å². The van der Waals surface area contributed by atoms with Crippen molar-refractivity contribution in [3.63, 3.8) is 0 Å². The average Bonchev–Trinajstić information content (AvgIpc) is 2.67. The standard InChI is InChI=1S/C19H22ClFN2O5S/c1-5-16(19(24)22-12-6-9-17(27-2)18(10-12)28-3)23(29(4,25)26)13-7-8-15(21)14(20)11-13/h6-11,16H,5H2,1-4H3,(H,22,24)/t16-/m1/s1. The molecule has 0 aliphatic rings. The number of ether oxygens (including phenoxy) is 2. The van der Waals surface area contributed by atoms with Crippen LogP contribution in [0.15, 0.2) is 36.4 Å². The third kappa shape index (κ3) is 5.30. The number of anilines is 2. The number of carbonyl (C=O) groups is 1. The molecule has 1 atom stereocenters. The minimum absolute atomic E-state index is 0.0909. The summed E-state index contributed by atoms with van der Waals surface area (Å²) in [7, 11) is -0.926. The summed E-state index contributed by atoms with van der Waals surface area (Å²) in [5.41, 5.74) is 0.491. The SMILES string of the molecule is CC[C@H](C(=O)Nc1ccc(OC)c(OC)c1)N(c1ccc(F)c(Cl)c1)S(C)(=O)=O. The second kappa shape index (κ2) is 9.32. The highest BCUT2D eigenvalue weighted by Gasteiger charge is 2.32. The summed E-state index contributed by atoms with van der Waals surface area (Å²) in [6, 6.07) is 7.17. The molecule has 1 amide bonds. The predicted octanol–water partition coefficient (Wildman–Crippen LogP) is 3.68. The molecule has 0 aromatic heterocycles. The minimum atomic E-state index is -3.87. The predicted molar refractivity (Wildman–Crippen MR) is 111 cm³/mol. The molecular weight excluding hydrogens is 423 g/mol. The number of nitrogens with one attached hydrogen (secondary N) is 1. The molecule has 0 aliphatic carbocycles. The van der Waals surface area contributed by atoms with Crippen LogP contribution in [0.3, 0.4) is 0 Å². The summed E-state index contributed by atoms with van der Waals surface area (Å²) in [5, 5.41) is 2.44. The highest BCUT2D eigenvalue weighted by molar-refractivity contribution is 7.92. The van der Waals surface area contributed by atoms with Gasteiger partial charge in [0.25, 0.3) is 0 Å². The molecule has 7 nitrogen and oxygen atoms in total. The number of carbonyl (C=O) groups excluding carboxylic acids is 1. The molecule has 0 saturated carbocycles. The summed E-state index contributed by atoms with van der Waals surface area (Å²) in [6.45, 7) is 1.67. The van der Waals surface area contributed by atoms with Gasteiger partial charge < -0.3 is 14.8 Å². The number of rotatable bonds is 8. The maximum absolute atomic E-state index is 13.5. The number of hydrogen-bond acceptors (Lipinski definition) is 5. The van der Waals surface area contributed by atoms with Crippen LogP contribution >= 0.6 is 11.6 Å². The molecule has 0 unspecified atom stereocenters. The fraction of sp³-hybridized carbons (Fsp3) is 0.316. The van der Waals surface area contributed by atoms with Gasteiger partial charge in [-0.1, -0.05) is 18.5 Å². The molecule has 2 aromatic carbocycles. The van der Waals surface area contributed by atoms with Crippen LogP contribution in [0.2, 0.25) is 5.02 Å². The van der Waals surface area contributed by atoms with Gasteiger partial charge in [0.05, 0.1) is 31.2 Å². The number of sulfonamides is 1. The van der Waals surface area contributed by atoms with Gasteiger partial charge >= 0.3 is 0 Å². The van der Waals surface area contributed by atoms with E-state index in [-0.39, 0.29) is 17.1 Å². The largest absolute Gasteiger partial charge is 0.493 e. The van der Waals surface area contributed by atoms with Crippen LogP contribution in [-0.2, 0) is 14.8 Å². The van der Waals surface area contributed by atoms with E-state index >= 15 is 0 Å². The van der Waals surface area contributed by atoms with E-state index < -0.39 is 27.8 Å². The van der Waals surface area contributed by atoms with Crippen molar-refractivity contribution in [2.24, 2.45) is 0 Å². The van der Waals surface area contributed by atoms with Crippen molar-refractivity contribution in [2.75, 3.05) is 30.1 Å². The van der Waals surface area contributed by atoms with Crippen LogP contribution in [0.5, 0.6) is 11.5 Å². The van der Waals surface area contributed by atoms with E-state index in [0.29, 0.717) is 17.2 Å². The maximum Gasteiger partial charge on any atom is 0.248 e. The number of amides is 1. The van der Waals surface area contributed by atoms with Crippen molar-refractivity contribution in [3.8, 4) is 11.5 Å². The Kier molecular flexibility index (Phi) is 7.32. The van der Waals surface area contributed by atoms with Crippen LogP contribution in [0, 0.1) is 5.82 Å². The molecule has 0 fully saturated rings. The summed E-state index contributed by atoms with van der Waals surface area (Å²) in [4.78, 5) is 12.9. The summed E-state index contributed by atoms with van der Waals surface area (Å²) in [5.74, 6) is -0.364. The van der Waals surface area contributed by atoms with E-state index in [9.17, 15) is 17.6 Å². The number of benzene rings is 2. The zero-order valence-corrected chi connectivity index (χ0v) is 18.0. The Bertz CT molecular complexity index is 1000. The Morgan fingerprint density at radius 2 is 1.83 bits per heavy atom. The Morgan fingerprint density at radius 1 is 1.17 bits per heavy atom. The van der Waals surface area contributed by atoms with Crippen molar-refractivity contribution in [1.29, 1.82) is 0 Å². The normalized spacial score (nSPS) is 12.2. The quantitative estimate of drug-likeness (QED) is 0.671. The first kappa shape index (κ1) is 22.8. The smallest absolute Gasteiger partial charge is 0.248 e. The molecular formula is C19H22ClFN2O5S. The topological polar surface area (TPSA) is 84.9 Å². The lowest BCUT2D eigenvalue weighted by Crippen LogP contribution is -2.47. The zero-order valence-electron chi connectivity index (χ0n) is 16.4. The first-order chi connectivity index (χ1) is 13.6. The second-order valence-corrected chi connectivity index (χ2v) is 8.41. The van der Waals surface area contributed by atoms with E-state index in [1.165, 1.54) is 26.4 Å². The van der Waals surface area contributed by atoms with Crippen molar-refractivity contribution in [3.05, 3.63) is 47.2 Å². The molecule has 158 valence electrons. The van der Waals surface area contributed by atoms with Crippen molar-refractivity contribution < 1.29 is 27.1 Å². The monoisotopic (exact) mass is 444 g/mol. The molecule has 1 N–H and O–H groups in total. The van der Waals surface area contributed by atoms with Crippen molar-refractivity contribution >= 4 is 38.9 Å². The molecule has 0 bridgehead atoms. The van der Waals surface area contributed by atoms with E-state index in [1.54, 1.807) is 25.1 Å². The lowest BCUT2D eigenvalue weighted by Gasteiger charge is -2.30. The summed E-state index contributed by atoms with van der Waals surface area (Å²) < 4.78 is 49.7. The number of nitrogens with zero attached hydrogens (tertiary/aromatic N) is 1. The highest BCUT2D eigenvalue weighted by atomic mass is 35.5. The summed E-state index contributed by atoms with van der Waals surface area (Å²) >= 11 is 5.80. The highest BCUT2D eigenvalue weighted by Crippen LogP contribution is 2.31. The first-order valence-corrected chi connectivity index (χ1v) is 10.8. The van der Waals surface area contributed by atoms with Crippen LogP contribution in [-0.4, -0.2) is 40.8 Å². The van der Waals surface area contributed by atoms with Crippen LogP contribution in [0.25, 0.3) is 0 Å². The first-order valence-electron chi connectivity index (χ1n) is 8.59. The zero-order chi connectivity index (χ0) is 21.8. The van der Waals surface area contributed by atoms with Gasteiger partial charge in [-0.3, -0.25) is 9.10 Å². The molecule has 0 aliphatic heterocycles. The van der Waals surface area contributed by atoms with Crippen LogP contribution < -0.4 is 19.1 Å². The molecule has 0 spiro atoms. The fourth-order valence-corrected chi connectivity index (χ4v) is 4.20. The molecule has 2 rings (SSSR count). The lowest BCUT2D eigenvalue weighted by molar-refractivity contribution is -0.117. The number of halogens is 2. The lowest BCUT2D eigenvalue weighted by atomic mass is 10.1. The van der Waals surface area contributed by atoms with Gasteiger partial charge in [-0.15, -0.1) is 0 Å². The molecule has 10 heteroatoms. The Labute approximate surface area is 174 Å². The molecule has 29 heavy (non-hydrogen) atoms. The van der Waals surface area contributed by atoms with Crippen LogP contribution in [0.1, 0.15) is 13.3 Å². The van der Waals surface area contributed by atoms with Gasteiger partial charge in [-0.25, -0.2) is 12.8 Å². The maximum atomic E-state index is 13.5. The number of hydrogen-bond donors (Lipinski definition) is 1. The van der Waals surface area contributed by atoms with Gasteiger partial charge in [-0.05, 0) is 36.8 Å². The molecule has 0 heterocycles. The van der Waals surface area contributed by atoms with Crippen molar-refractivity contribution in [1.82, 2.24) is 0 Å². The molecule has 0 radical (unpaired) electrons. The van der Waals surface area contributed by atoms with Crippen LogP contribution in [0.4, 0.5) is 15.8 Å². The Balaban J connectivity index is 2.39. The third-order valence-electron chi connectivity index (χ3n) is 4.14. The Hall–Kier alpha value is -2.52. The molecule has 0 saturated heterocycles. The van der Waals surface area contributed by atoms with Crippen molar-refractivity contribution in [2.45, 2.75) is 19.4 Å². The summed E-state index contributed by atoms with van der Waals surface area (Å²) in [6.07, 6.45) is 1.14. The van der Waals surface area contributed by atoms with Gasteiger partial charge in [0.1, 0.15) is 11.9 Å². The minimum Gasteiger partial charge on any atom is -0.493 e. The van der Waals surface area contributed by atoms with Gasteiger partial charge in [0, 0.05) is 11.8 Å².